The van der Waals surface area contributed by atoms with Crippen molar-refractivity contribution < 1.29 is 14.3 Å². The van der Waals surface area contributed by atoms with Gasteiger partial charge in [0.1, 0.15) is 6.04 Å². The Morgan fingerprint density at radius 1 is 0.795 bits per heavy atom. The zero-order valence-electron chi connectivity index (χ0n) is 22.4. The molecule has 1 saturated heterocycles. The molecule has 0 unspecified atom stereocenters. The van der Waals surface area contributed by atoms with Gasteiger partial charge in [-0.2, -0.15) is 0 Å². The van der Waals surface area contributed by atoms with Crippen LogP contribution in [0.3, 0.4) is 0 Å². The third-order valence-electron chi connectivity index (χ3n) is 7.23. The van der Waals surface area contributed by atoms with Gasteiger partial charge in [-0.25, -0.2) is 4.79 Å². The smallest absolute Gasteiger partial charge is 0.328 e. The molecular formula is C34H34N2O3. The van der Waals surface area contributed by atoms with Crippen LogP contribution in [0.5, 0.6) is 0 Å². The quantitative estimate of drug-likeness (QED) is 0.240. The van der Waals surface area contributed by atoms with E-state index in [9.17, 15) is 9.59 Å². The van der Waals surface area contributed by atoms with Crippen LogP contribution in [0.4, 0.5) is 5.69 Å². The maximum Gasteiger partial charge on any atom is 0.328 e. The first-order valence-electron chi connectivity index (χ1n) is 13.4. The molecule has 1 amide bonds. The summed E-state index contributed by atoms with van der Waals surface area (Å²) in [5, 5.41) is 0. The Balaban J connectivity index is 1.48. The topological polar surface area (TPSA) is 49.9 Å². The molecule has 2 atom stereocenters. The van der Waals surface area contributed by atoms with Gasteiger partial charge in [0.2, 0.25) is 0 Å². The Morgan fingerprint density at radius 3 is 1.77 bits per heavy atom. The summed E-state index contributed by atoms with van der Waals surface area (Å²) in [6.07, 6.45) is -0.883. The first-order valence-corrected chi connectivity index (χ1v) is 13.4. The SMILES string of the molecule is CC1(C)CN(c2ccccc2)C(=O)[C@@H]1OC(=O)[C@@H](c1ccccc1)N(Cc1ccccc1)Cc1ccccc1. The molecule has 1 aliphatic rings. The summed E-state index contributed by atoms with van der Waals surface area (Å²) in [5.74, 6) is -0.613. The van der Waals surface area contributed by atoms with Crippen LogP contribution in [0.25, 0.3) is 0 Å². The first-order chi connectivity index (χ1) is 18.9. The molecule has 4 aromatic rings. The second-order valence-electron chi connectivity index (χ2n) is 10.8. The number of amides is 1. The van der Waals surface area contributed by atoms with Crippen molar-refractivity contribution in [3.63, 3.8) is 0 Å². The van der Waals surface area contributed by atoms with E-state index >= 15 is 0 Å². The van der Waals surface area contributed by atoms with Gasteiger partial charge in [-0.1, -0.05) is 123 Å². The van der Waals surface area contributed by atoms with Crippen molar-refractivity contribution in [2.75, 3.05) is 11.4 Å². The minimum Gasteiger partial charge on any atom is -0.450 e. The van der Waals surface area contributed by atoms with Gasteiger partial charge < -0.3 is 9.64 Å². The van der Waals surface area contributed by atoms with Gasteiger partial charge in [0.25, 0.3) is 5.91 Å². The van der Waals surface area contributed by atoms with Crippen LogP contribution >= 0.6 is 0 Å². The molecule has 1 aliphatic heterocycles. The van der Waals surface area contributed by atoms with Crippen LogP contribution in [0, 0.1) is 5.41 Å². The van der Waals surface area contributed by atoms with Crippen LogP contribution in [0.2, 0.25) is 0 Å². The van der Waals surface area contributed by atoms with Gasteiger partial charge in [-0.15, -0.1) is 0 Å². The van der Waals surface area contributed by atoms with Crippen molar-refractivity contribution >= 4 is 17.6 Å². The lowest BCUT2D eigenvalue weighted by molar-refractivity contribution is -0.164. The number of nitrogens with zero attached hydrogens (tertiary/aromatic N) is 2. The third-order valence-corrected chi connectivity index (χ3v) is 7.23. The monoisotopic (exact) mass is 518 g/mol. The zero-order valence-corrected chi connectivity index (χ0v) is 22.4. The van der Waals surface area contributed by atoms with E-state index in [1.807, 2.05) is 111 Å². The lowest BCUT2D eigenvalue weighted by Crippen LogP contribution is -2.41. The molecular weight excluding hydrogens is 484 g/mol. The van der Waals surface area contributed by atoms with E-state index in [1.165, 1.54) is 0 Å². The first kappa shape index (κ1) is 26.4. The number of benzene rings is 4. The molecule has 0 aromatic heterocycles. The van der Waals surface area contributed by atoms with Crippen LogP contribution in [-0.2, 0) is 27.4 Å². The van der Waals surface area contributed by atoms with Gasteiger partial charge in [-0.3, -0.25) is 9.69 Å². The number of ether oxygens (including phenoxy) is 1. The molecule has 1 fully saturated rings. The van der Waals surface area contributed by atoms with E-state index < -0.39 is 23.5 Å². The van der Waals surface area contributed by atoms with Gasteiger partial charge in [0, 0.05) is 30.7 Å². The van der Waals surface area contributed by atoms with Crippen molar-refractivity contribution in [1.29, 1.82) is 0 Å². The van der Waals surface area contributed by atoms with Crippen molar-refractivity contribution in [2.24, 2.45) is 5.41 Å². The zero-order chi connectivity index (χ0) is 27.2. The summed E-state index contributed by atoms with van der Waals surface area (Å²) in [7, 11) is 0. The number of carbonyl (C=O) groups excluding carboxylic acids is 2. The van der Waals surface area contributed by atoms with Crippen molar-refractivity contribution in [3.8, 4) is 0 Å². The normalized spacial score (nSPS) is 17.3. The molecule has 0 radical (unpaired) electrons. The molecule has 0 aliphatic carbocycles. The van der Waals surface area contributed by atoms with Gasteiger partial charge in [0.15, 0.2) is 6.10 Å². The molecule has 39 heavy (non-hydrogen) atoms. The molecule has 4 aromatic carbocycles. The molecule has 1 heterocycles. The maximum atomic E-state index is 14.2. The fraction of sp³-hybridized carbons (Fsp3) is 0.235. The highest BCUT2D eigenvalue weighted by molar-refractivity contribution is 6.01. The van der Waals surface area contributed by atoms with Crippen molar-refractivity contribution in [2.45, 2.75) is 39.1 Å². The average Bonchev–Trinajstić information content (AvgIpc) is 3.19. The van der Waals surface area contributed by atoms with E-state index in [0.29, 0.717) is 19.6 Å². The number of esters is 1. The molecule has 198 valence electrons. The largest absolute Gasteiger partial charge is 0.450 e. The summed E-state index contributed by atoms with van der Waals surface area (Å²) < 4.78 is 6.19. The van der Waals surface area contributed by atoms with E-state index in [1.54, 1.807) is 4.90 Å². The molecule has 0 bridgehead atoms. The second kappa shape index (κ2) is 11.7. The maximum absolute atomic E-state index is 14.2. The van der Waals surface area contributed by atoms with Crippen LogP contribution in [0.15, 0.2) is 121 Å². The summed E-state index contributed by atoms with van der Waals surface area (Å²) in [6.45, 7) is 5.52. The number of hydrogen-bond acceptors (Lipinski definition) is 4. The summed E-state index contributed by atoms with van der Waals surface area (Å²) in [6, 6.07) is 38.8. The summed E-state index contributed by atoms with van der Waals surface area (Å²) in [5.41, 5.74) is 3.28. The number of rotatable bonds is 9. The standard InChI is InChI=1S/C34H34N2O3/c1-34(2)25-36(29-21-13-6-14-22-29)32(37)31(34)39-33(38)30(28-19-11-5-12-20-28)35(23-26-15-7-3-8-16-26)24-27-17-9-4-10-18-27/h3-22,30-31H,23-25H2,1-2H3/t30-,31+/m1/s1. The van der Waals surface area contributed by atoms with Gasteiger partial charge in [0.05, 0.1) is 0 Å². The average molecular weight is 519 g/mol. The summed E-state index contributed by atoms with van der Waals surface area (Å²) >= 11 is 0. The molecule has 0 spiro atoms. The Labute approximate surface area is 230 Å². The van der Waals surface area contributed by atoms with Crippen LogP contribution in [0.1, 0.15) is 36.6 Å². The lowest BCUT2D eigenvalue weighted by Gasteiger charge is -2.33. The number of hydrogen-bond donors (Lipinski definition) is 0. The fourth-order valence-electron chi connectivity index (χ4n) is 5.27. The second-order valence-corrected chi connectivity index (χ2v) is 10.8. The molecule has 5 rings (SSSR count). The van der Waals surface area contributed by atoms with Crippen molar-refractivity contribution in [1.82, 2.24) is 4.90 Å². The van der Waals surface area contributed by atoms with Gasteiger partial charge >= 0.3 is 5.97 Å². The molecule has 5 heteroatoms. The highest BCUT2D eigenvalue weighted by atomic mass is 16.6. The van der Waals surface area contributed by atoms with Crippen LogP contribution in [-0.4, -0.2) is 29.4 Å². The third kappa shape index (κ3) is 6.10. The Bertz CT molecular complexity index is 1330. The number of anilines is 1. The molecule has 5 nitrogen and oxygen atoms in total. The van der Waals surface area contributed by atoms with Crippen molar-refractivity contribution in [3.05, 3.63) is 138 Å². The number of para-hydroxylation sites is 1. The van der Waals surface area contributed by atoms with E-state index in [0.717, 1.165) is 22.4 Å². The Hall–Kier alpha value is -4.22. The lowest BCUT2D eigenvalue weighted by atomic mass is 9.89. The molecule has 0 N–H and O–H groups in total. The Morgan fingerprint density at radius 2 is 1.26 bits per heavy atom. The minimum atomic E-state index is -0.883. The number of carbonyl (C=O) groups is 2. The van der Waals surface area contributed by atoms with Gasteiger partial charge in [-0.05, 0) is 28.8 Å². The highest BCUT2D eigenvalue weighted by Crippen LogP contribution is 2.37. The molecule has 0 saturated carbocycles. The fourth-order valence-corrected chi connectivity index (χ4v) is 5.27. The van der Waals surface area contributed by atoms with E-state index in [-0.39, 0.29) is 5.91 Å². The van der Waals surface area contributed by atoms with E-state index in [4.69, 9.17) is 4.74 Å². The predicted molar refractivity (Wildman–Crippen MR) is 154 cm³/mol. The van der Waals surface area contributed by atoms with E-state index in [2.05, 4.69) is 29.2 Å². The highest BCUT2D eigenvalue weighted by Gasteiger charge is 2.50. The predicted octanol–water partition coefficient (Wildman–Crippen LogP) is 6.41. The minimum absolute atomic E-state index is 0.191. The Kier molecular flexibility index (Phi) is 7.89. The summed E-state index contributed by atoms with van der Waals surface area (Å²) in [4.78, 5) is 31.6. The van der Waals surface area contributed by atoms with Crippen LogP contribution < -0.4 is 4.90 Å².